The maximum absolute atomic E-state index is 11.9. The minimum atomic E-state index is -0.355. The van der Waals surface area contributed by atoms with Crippen molar-refractivity contribution >= 4 is 17.3 Å². The van der Waals surface area contributed by atoms with Gasteiger partial charge in [-0.3, -0.25) is 0 Å². The van der Waals surface area contributed by atoms with E-state index in [0.717, 1.165) is 24.0 Å². The van der Waals surface area contributed by atoms with Crippen LogP contribution in [0.4, 0.5) is 0 Å². The van der Waals surface area contributed by atoms with Crippen molar-refractivity contribution in [1.82, 2.24) is 4.98 Å². The molecule has 0 spiro atoms. The van der Waals surface area contributed by atoms with E-state index in [1.54, 1.807) is 19.9 Å². The number of rotatable bonds is 3. The van der Waals surface area contributed by atoms with E-state index in [4.69, 9.17) is 4.74 Å². The third kappa shape index (κ3) is 3.48. The number of thiazole rings is 1. The van der Waals surface area contributed by atoms with Crippen molar-refractivity contribution < 1.29 is 9.53 Å². The molecule has 5 heteroatoms. The molecule has 1 saturated carbocycles. The highest BCUT2D eigenvalue weighted by atomic mass is 32.1. The van der Waals surface area contributed by atoms with E-state index in [2.05, 4.69) is 22.9 Å². The lowest BCUT2D eigenvalue weighted by Gasteiger charge is -2.00. The van der Waals surface area contributed by atoms with Crippen LogP contribution in [0.25, 0.3) is 10.6 Å². The van der Waals surface area contributed by atoms with E-state index in [0.29, 0.717) is 33.7 Å². The summed E-state index contributed by atoms with van der Waals surface area (Å²) in [5, 5.41) is 10.1. The average molecular weight is 336 g/mol. The molecule has 0 bridgehead atoms. The molecule has 1 aliphatic carbocycles. The van der Waals surface area contributed by atoms with Crippen molar-refractivity contribution in [3.63, 3.8) is 0 Å². The van der Waals surface area contributed by atoms with E-state index in [1.165, 1.54) is 11.3 Å². The Labute approximate surface area is 145 Å². The predicted molar refractivity (Wildman–Crippen MR) is 92.6 cm³/mol. The van der Waals surface area contributed by atoms with Gasteiger partial charge in [0, 0.05) is 17.0 Å². The molecular formula is C19H16N2O2S. The second kappa shape index (κ2) is 6.86. The Morgan fingerprint density at radius 2 is 2.21 bits per heavy atom. The largest absolute Gasteiger partial charge is 0.462 e. The fraction of sp³-hybridized carbons (Fsp3) is 0.316. The van der Waals surface area contributed by atoms with Crippen LogP contribution in [0.2, 0.25) is 0 Å². The molecule has 4 nitrogen and oxygen atoms in total. The Morgan fingerprint density at radius 3 is 2.88 bits per heavy atom. The highest BCUT2D eigenvalue weighted by Crippen LogP contribution is 2.30. The van der Waals surface area contributed by atoms with Gasteiger partial charge >= 0.3 is 5.97 Å². The van der Waals surface area contributed by atoms with E-state index in [9.17, 15) is 10.1 Å². The fourth-order valence-electron chi connectivity index (χ4n) is 2.19. The molecule has 0 saturated heterocycles. The maximum atomic E-state index is 11.9. The first-order chi connectivity index (χ1) is 11.6. The van der Waals surface area contributed by atoms with Crippen molar-refractivity contribution in [3.8, 4) is 28.5 Å². The van der Waals surface area contributed by atoms with Crippen LogP contribution in [-0.4, -0.2) is 17.6 Å². The smallest absolute Gasteiger partial charge is 0.350 e. The van der Waals surface area contributed by atoms with Crippen LogP contribution in [0.5, 0.6) is 0 Å². The molecule has 120 valence electrons. The number of carbonyl (C=O) groups is 1. The maximum Gasteiger partial charge on any atom is 0.350 e. The second-order valence-corrected chi connectivity index (χ2v) is 6.57. The third-order valence-electron chi connectivity index (χ3n) is 3.63. The van der Waals surface area contributed by atoms with Crippen LogP contribution in [0.3, 0.4) is 0 Å². The van der Waals surface area contributed by atoms with Gasteiger partial charge in [-0.05, 0) is 38.8 Å². The topological polar surface area (TPSA) is 63.0 Å². The molecule has 1 aromatic carbocycles. The monoisotopic (exact) mass is 336 g/mol. The highest BCUT2D eigenvalue weighted by molar-refractivity contribution is 7.17. The fourth-order valence-corrected chi connectivity index (χ4v) is 3.15. The van der Waals surface area contributed by atoms with Crippen LogP contribution in [0.15, 0.2) is 18.2 Å². The van der Waals surface area contributed by atoms with Crippen molar-refractivity contribution in [2.24, 2.45) is 5.92 Å². The van der Waals surface area contributed by atoms with Gasteiger partial charge in [0.25, 0.3) is 0 Å². The molecule has 0 radical (unpaired) electrons. The molecule has 2 aromatic rings. The molecule has 1 fully saturated rings. The summed E-state index contributed by atoms with van der Waals surface area (Å²) >= 11 is 1.28. The van der Waals surface area contributed by atoms with Gasteiger partial charge in [0.2, 0.25) is 0 Å². The number of aryl methyl sites for hydroxylation is 1. The van der Waals surface area contributed by atoms with Gasteiger partial charge in [-0.15, -0.1) is 11.3 Å². The number of benzene rings is 1. The minimum absolute atomic E-state index is 0.332. The summed E-state index contributed by atoms with van der Waals surface area (Å²) in [4.78, 5) is 16.9. The van der Waals surface area contributed by atoms with E-state index >= 15 is 0 Å². The van der Waals surface area contributed by atoms with Gasteiger partial charge in [-0.2, -0.15) is 5.26 Å². The number of esters is 1. The first-order valence-corrected chi connectivity index (χ1v) is 8.64. The van der Waals surface area contributed by atoms with Crippen LogP contribution < -0.4 is 0 Å². The molecule has 0 unspecified atom stereocenters. The first-order valence-electron chi connectivity index (χ1n) is 7.83. The number of nitrogens with zero attached hydrogens (tertiary/aromatic N) is 2. The van der Waals surface area contributed by atoms with Crippen molar-refractivity contribution in [2.45, 2.75) is 26.7 Å². The Bertz CT molecular complexity index is 892. The number of hydrogen-bond donors (Lipinski definition) is 0. The van der Waals surface area contributed by atoms with Crippen LogP contribution in [0, 0.1) is 36.0 Å². The van der Waals surface area contributed by atoms with Crippen LogP contribution in [-0.2, 0) is 4.74 Å². The zero-order valence-electron chi connectivity index (χ0n) is 13.5. The Kier molecular flexibility index (Phi) is 4.64. The Morgan fingerprint density at radius 1 is 1.42 bits per heavy atom. The van der Waals surface area contributed by atoms with Crippen LogP contribution in [0.1, 0.15) is 46.3 Å². The van der Waals surface area contributed by atoms with Gasteiger partial charge in [0.05, 0.1) is 17.9 Å². The minimum Gasteiger partial charge on any atom is -0.462 e. The molecule has 3 rings (SSSR count). The lowest BCUT2D eigenvalue weighted by atomic mass is 10.1. The standard InChI is InChI=1S/C19H16N2O2S/c1-3-23-19(22)17-12(2)21-18(24-17)15-9-8-14(16(10-15)11-20)7-6-13-4-5-13/h8-10,13H,3-5H2,1-2H3. The number of hydrogen-bond acceptors (Lipinski definition) is 5. The molecule has 24 heavy (non-hydrogen) atoms. The number of carbonyl (C=O) groups excluding carboxylic acids is 1. The van der Waals surface area contributed by atoms with Crippen LogP contribution >= 0.6 is 11.3 Å². The van der Waals surface area contributed by atoms with Crippen molar-refractivity contribution in [3.05, 3.63) is 39.9 Å². The summed E-state index contributed by atoms with van der Waals surface area (Å²) < 4.78 is 5.04. The lowest BCUT2D eigenvalue weighted by molar-refractivity contribution is 0.0531. The number of aromatic nitrogens is 1. The zero-order valence-corrected chi connectivity index (χ0v) is 14.4. The van der Waals surface area contributed by atoms with Gasteiger partial charge in [-0.25, -0.2) is 9.78 Å². The molecule has 1 aromatic heterocycles. The van der Waals surface area contributed by atoms with Gasteiger partial charge in [0.1, 0.15) is 16.0 Å². The van der Waals surface area contributed by atoms with Gasteiger partial charge < -0.3 is 4.74 Å². The zero-order chi connectivity index (χ0) is 17.1. The lowest BCUT2D eigenvalue weighted by Crippen LogP contribution is -2.03. The van der Waals surface area contributed by atoms with Crippen molar-refractivity contribution in [2.75, 3.05) is 6.61 Å². The predicted octanol–water partition coefficient (Wildman–Crippen LogP) is 3.93. The molecule has 1 heterocycles. The highest BCUT2D eigenvalue weighted by Gasteiger charge is 2.19. The number of ether oxygens (including phenoxy) is 1. The summed E-state index contributed by atoms with van der Waals surface area (Å²) in [5.74, 6) is 6.40. The van der Waals surface area contributed by atoms with Gasteiger partial charge in [0.15, 0.2) is 0 Å². The summed E-state index contributed by atoms with van der Waals surface area (Å²) in [5.41, 5.74) is 2.73. The Hall–Kier alpha value is -2.63. The number of nitriles is 1. The van der Waals surface area contributed by atoms with E-state index < -0.39 is 0 Å². The van der Waals surface area contributed by atoms with Gasteiger partial charge in [-0.1, -0.05) is 17.9 Å². The summed E-state index contributed by atoms with van der Waals surface area (Å²) in [6.45, 7) is 3.89. The molecule has 0 N–H and O–H groups in total. The SMILES string of the molecule is CCOC(=O)c1sc(-c2ccc(C#CC3CC3)c(C#N)c2)nc1C. The third-order valence-corrected chi connectivity index (χ3v) is 4.82. The first kappa shape index (κ1) is 16.2. The van der Waals surface area contributed by atoms with E-state index in [-0.39, 0.29) is 5.97 Å². The Balaban J connectivity index is 1.93. The summed E-state index contributed by atoms with van der Waals surface area (Å²) in [7, 11) is 0. The normalized spacial score (nSPS) is 12.9. The molecule has 0 aliphatic heterocycles. The molecule has 1 aliphatic rings. The second-order valence-electron chi connectivity index (χ2n) is 5.57. The molecular weight excluding hydrogens is 320 g/mol. The summed E-state index contributed by atoms with van der Waals surface area (Å²) in [6.07, 6.45) is 2.31. The van der Waals surface area contributed by atoms with Crippen molar-refractivity contribution in [1.29, 1.82) is 5.26 Å². The molecule has 0 amide bonds. The summed E-state index contributed by atoms with van der Waals surface area (Å²) in [6, 6.07) is 7.72. The van der Waals surface area contributed by atoms with E-state index in [1.807, 2.05) is 12.1 Å². The average Bonchev–Trinajstić information content (AvgIpc) is 3.33. The molecule has 0 atom stereocenters. The quantitative estimate of drug-likeness (QED) is 0.629.